The van der Waals surface area contributed by atoms with Gasteiger partial charge in [0.05, 0.1) is 12.2 Å². The van der Waals surface area contributed by atoms with Crippen LogP contribution in [0.3, 0.4) is 0 Å². The maximum atomic E-state index is 12.9. The number of amides is 1. The van der Waals surface area contributed by atoms with Crippen LogP contribution in [-0.2, 0) is 30.8 Å². The lowest BCUT2D eigenvalue weighted by Crippen LogP contribution is -2.31. The van der Waals surface area contributed by atoms with Gasteiger partial charge in [0.25, 0.3) is 5.56 Å². The van der Waals surface area contributed by atoms with Gasteiger partial charge in [-0.05, 0) is 26.2 Å². The molecule has 0 aromatic carbocycles. The molecular weight excluding hydrogens is 424 g/mol. The van der Waals surface area contributed by atoms with Crippen molar-refractivity contribution in [1.82, 2.24) is 29.2 Å². The molecule has 0 aliphatic heterocycles. The summed E-state index contributed by atoms with van der Waals surface area (Å²) in [6.07, 6.45) is 2.32. The minimum absolute atomic E-state index is 0.0459. The fraction of sp³-hybridized carbons (Fsp3) is 0.609. The van der Waals surface area contributed by atoms with Gasteiger partial charge >= 0.3 is 5.69 Å². The van der Waals surface area contributed by atoms with Gasteiger partial charge in [0.2, 0.25) is 5.91 Å². The monoisotopic (exact) mass is 458 g/mol. The van der Waals surface area contributed by atoms with Gasteiger partial charge in [-0.25, -0.2) is 9.78 Å². The Morgan fingerprint density at radius 2 is 1.94 bits per heavy atom. The largest absolute Gasteiger partial charge is 0.361 e. The molecule has 0 atom stereocenters. The minimum atomic E-state index is -0.447. The van der Waals surface area contributed by atoms with Crippen molar-refractivity contribution in [3.8, 4) is 0 Å². The molecule has 0 bridgehead atoms. The Kier molecular flexibility index (Phi) is 7.55. The van der Waals surface area contributed by atoms with Gasteiger partial charge in [-0.1, -0.05) is 32.3 Å². The molecule has 0 aliphatic carbocycles. The van der Waals surface area contributed by atoms with E-state index < -0.39 is 11.2 Å². The van der Waals surface area contributed by atoms with Crippen LogP contribution in [0.25, 0.3) is 11.2 Å². The molecule has 0 unspecified atom stereocenters. The molecule has 180 valence electrons. The van der Waals surface area contributed by atoms with Crippen molar-refractivity contribution in [3.63, 3.8) is 0 Å². The van der Waals surface area contributed by atoms with Crippen LogP contribution in [0.15, 0.2) is 14.1 Å². The first-order chi connectivity index (χ1) is 15.6. The number of unbranched alkanes of at least 4 members (excludes halogenated alkanes) is 1. The summed E-state index contributed by atoms with van der Waals surface area (Å²) >= 11 is 0. The van der Waals surface area contributed by atoms with E-state index in [-0.39, 0.29) is 18.2 Å². The quantitative estimate of drug-likeness (QED) is 0.499. The summed E-state index contributed by atoms with van der Waals surface area (Å²) in [6, 6.07) is 0. The number of rotatable bonds is 10. The minimum Gasteiger partial charge on any atom is -0.361 e. The first kappa shape index (κ1) is 24.5. The molecule has 1 amide bonds. The Bertz CT molecular complexity index is 1230. The van der Waals surface area contributed by atoms with Crippen LogP contribution in [0.4, 0.5) is 0 Å². The van der Waals surface area contributed by atoms with E-state index in [0.29, 0.717) is 48.8 Å². The number of nitrogens with zero attached hydrogens (tertiary/aromatic N) is 5. The van der Waals surface area contributed by atoms with Gasteiger partial charge in [0, 0.05) is 38.5 Å². The molecule has 10 heteroatoms. The molecule has 0 saturated carbocycles. The number of H-pyrrole nitrogens is 1. The smallest absolute Gasteiger partial charge is 0.330 e. The summed E-state index contributed by atoms with van der Waals surface area (Å²) < 4.78 is 8.59. The maximum absolute atomic E-state index is 12.9. The van der Waals surface area contributed by atoms with Crippen molar-refractivity contribution in [2.45, 2.75) is 79.9 Å². The SMILES string of the molecule is CCCCn1c(=O)[nH]c(=O)c2c1nc(CCC(=O)N(C)Cc1c(C)noc1C)n2CC(C)C. The van der Waals surface area contributed by atoms with Crippen LogP contribution in [0.1, 0.15) is 62.9 Å². The summed E-state index contributed by atoms with van der Waals surface area (Å²) in [7, 11) is 1.75. The molecule has 3 aromatic rings. The molecule has 0 saturated heterocycles. The summed E-state index contributed by atoms with van der Waals surface area (Å²) in [6.45, 7) is 11.3. The maximum Gasteiger partial charge on any atom is 0.330 e. The number of carbonyl (C=O) groups excluding carboxylic acids is 1. The Morgan fingerprint density at radius 3 is 2.55 bits per heavy atom. The standard InChI is InChI=1S/C23H34N6O4/c1-7-8-11-28-21-20(22(31)25-23(28)32)29(12-14(2)3)18(24-21)9-10-19(30)27(6)13-17-15(4)26-33-16(17)5/h14H,7-13H2,1-6H3,(H,25,31,32). The van der Waals surface area contributed by atoms with E-state index in [1.54, 1.807) is 11.9 Å². The summed E-state index contributed by atoms with van der Waals surface area (Å²) in [5.74, 6) is 1.55. The number of hydrogen-bond acceptors (Lipinski definition) is 6. The van der Waals surface area contributed by atoms with Crippen molar-refractivity contribution in [3.05, 3.63) is 43.7 Å². The molecule has 0 spiro atoms. The number of fused-ring (bicyclic) bond motifs is 1. The second-order valence-electron chi connectivity index (χ2n) is 9.02. The van der Waals surface area contributed by atoms with Crippen LogP contribution in [0.5, 0.6) is 0 Å². The second-order valence-corrected chi connectivity index (χ2v) is 9.02. The van der Waals surface area contributed by atoms with Crippen LogP contribution in [0, 0.1) is 19.8 Å². The van der Waals surface area contributed by atoms with Gasteiger partial charge in [-0.15, -0.1) is 0 Å². The average Bonchev–Trinajstić information content (AvgIpc) is 3.26. The first-order valence-electron chi connectivity index (χ1n) is 11.5. The normalized spacial score (nSPS) is 11.6. The number of imidazole rings is 1. The molecule has 3 heterocycles. The number of aromatic amines is 1. The molecule has 10 nitrogen and oxygen atoms in total. The van der Waals surface area contributed by atoms with Gasteiger partial charge < -0.3 is 14.0 Å². The van der Waals surface area contributed by atoms with E-state index in [0.717, 1.165) is 24.1 Å². The van der Waals surface area contributed by atoms with Crippen molar-refractivity contribution < 1.29 is 9.32 Å². The van der Waals surface area contributed by atoms with E-state index in [4.69, 9.17) is 4.52 Å². The van der Waals surface area contributed by atoms with E-state index in [1.807, 2.05) is 25.3 Å². The Hall–Kier alpha value is -3.17. The van der Waals surface area contributed by atoms with Crippen molar-refractivity contribution in [2.75, 3.05) is 7.05 Å². The second kappa shape index (κ2) is 10.2. The molecule has 33 heavy (non-hydrogen) atoms. The third-order valence-electron chi connectivity index (χ3n) is 5.81. The first-order valence-corrected chi connectivity index (χ1v) is 11.5. The molecule has 0 aliphatic rings. The zero-order valence-electron chi connectivity index (χ0n) is 20.4. The topological polar surface area (TPSA) is 119 Å². The number of aromatic nitrogens is 5. The zero-order valence-corrected chi connectivity index (χ0v) is 20.4. The van der Waals surface area contributed by atoms with E-state index >= 15 is 0 Å². The van der Waals surface area contributed by atoms with E-state index in [9.17, 15) is 14.4 Å². The van der Waals surface area contributed by atoms with Crippen molar-refractivity contribution in [1.29, 1.82) is 0 Å². The Morgan fingerprint density at radius 1 is 1.21 bits per heavy atom. The highest BCUT2D eigenvalue weighted by molar-refractivity contribution is 5.76. The number of aryl methyl sites for hydroxylation is 4. The fourth-order valence-electron chi connectivity index (χ4n) is 3.96. The van der Waals surface area contributed by atoms with Gasteiger partial charge in [0.15, 0.2) is 11.2 Å². The molecular formula is C23H34N6O4. The van der Waals surface area contributed by atoms with Gasteiger partial charge in [-0.3, -0.25) is 19.1 Å². The van der Waals surface area contributed by atoms with Crippen LogP contribution >= 0.6 is 0 Å². The summed E-state index contributed by atoms with van der Waals surface area (Å²) in [5.41, 5.74) is 1.58. The average molecular weight is 459 g/mol. The molecule has 3 aromatic heterocycles. The predicted octanol–water partition coefficient (Wildman–Crippen LogP) is 2.54. The fourth-order valence-corrected chi connectivity index (χ4v) is 3.96. The number of hydrogen-bond donors (Lipinski definition) is 1. The highest BCUT2D eigenvalue weighted by Crippen LogP contribution is 2.18. The van der Waals surface area contributed by atoms with E-state index in [2.05, 4.69) is 29.0 Å². The molecule has 1 N–H and O–H groups in total. The third-order valence-corrected chi connectivity index (χ3v) is 5.81. The number of carbonyl (C=O) groups is 1. The van der Waals surface area contributed by atoms with Crippen molar-refractivity contribution in [2.24, 2.45) is 5.92 Å². The summed E-state index contributed by atoms with van der Waals surface area (Å²) in [4.78, 5) is 46.8. The third kappa shape index (κ3) is 5.26. The lowest BCUT2D eigenvalue weighted by Gasteiger charge is -2.17. The highest BCUT2D eigenvalue weighted by Gasteiger charge is 2.21. The molecule has 0 fully saturated rings. The lowest BCUT2D eigenvalue weighted by atomic mass is 10.2. The van der Waals surface area contributed by atoms with Crippen LogP contribution in [-0.4, -0.2) is 42.1 Å². The molecule has 3 rings (SSSR count). The Labute approximate surface area is 192 Å². The summed E-state index contributed by atoms with van der Waals surface area (Å²) in [5, 5.41) is 3.94. The lowest BCUT2D eigenvalue weighted by molar-refractivity contribution is -0.130. The van der Waals surface area contributed by atoms with Crippen LogP contribution < -0.4 is 11.2 Å². The van der Waals surface area contributed by atoms with Gasteiger partial charge in [-0.2, -0.15) is 0 Å². The Balaban J connectivity index is 1.90. The zero-order chi connectivity index (χ0) is 24.3. The van der Waals surface area contributed by atoms with Crippen molar-refractivity contribution >= 4 is 17.1 Å². The number of nitrogens with one attached hydrogen (secondary N) is 1. The highest BCUT2D eigenvalue weighted by atomic mass is 16.5. The van der Waals surface area contributed by atoms with E-state index in [1.165, 1.54) is 4.57 Å². The molecule has 0 radical (unpaired) electrons. The van der Waals surface area contributed by atoms with Crippen LogP contribution in [0.2, 0.25) is 0 Å². The van der Waals surface area contributed by atoms with Gasteiger partial charge in [0.1, 0.15) is 11.6 Å². The predicted molar refractivity (Wildman–Crippen MR) is 125 cm³/mol.